The average Bonchev–Trinajstić information content (AvgIpc) is 3.01. The van der Waals surface area contributed by atoms with E-state index in [1.807, 2.05) is 0 Å². The lowest BCUT2D eigenvalue weighted by atomic mass is 9.98. The van der Waals surface area contributed by atoms with Gasteiger partial charge in [0.15, 0.2) is 5.11 Å². The average molecular weight is 324 g/mol. The smallest absolute Gasteiger partial charge is 0.173 e. The minimum absolute atomic E-state index is 0.578. The van der Waals surface area contributed by atoms with Crippen LogP contribution in [0.5, 0.6) is 0 Å². The van der Waals surface area contributed by atoms with Gasteiger partial charge in [0, 0.05) is 24.7 Å². The molecule has 0 radical (unpaired) electrons. The Hall–Kier alpha value is -1.87. The zero-order valence-electron chi connectivity index (χ0n) is 14.1. The van der Waals surface area contributed by atoms with Gasteiger partial charge in [-0.1, -0.05) is 47.5 Å². The minimum Gasteiger partial charge on any atom is -0.348 e. The minimum atomic E-state index is 0.578. The Morgan fingerprint density at radius 2 is 1.74 bits per heavy atom. The number of anilines is 1. The lowest BCUT2D eigenvalue weighted by molar-refractivity contribution is 0.518. The largest absolute Gasteiger partial charge is 0.348 e. The summed E-state index contributed by atoms with van der Waals surface area (Å²) in [5.41, 5.74) is 6.36. The molecule has 23 heavy (non-hydrogen) atoms. The molecule has 1 N–H and O–H groups in total. The summed E-state index contributed by atoms with van der Waals surface area (Å²) in [6.45, 7) is 8.39. The van der Waals surface area contributed by atoms with Gasteiger partial charge in [0.2, 0.25) is 0 Å². The fourth-order valence-corrected chi connectivity index (χ4v) is 3.48. The molecule has 3 rings (SSSR count). The van der Waals surface area contributed by atoms with Crippen molar-refractivity contribution in [1.29, 1.82) is 0 Å². The van der Waals surface area contributed by atoms with Crippen LogP contribution in [0, 0.1) is 20.8 Å². The zero-order valence-corrected chi connectivity index (χ0v) is 14.9. The summed E-state index contributed by atoms with van der Waals surface area (Å²) < 4.78 is 0. The highest BCUT2D eigenvalue weighted by molar-refractivity contribution is 7.80. The number of aryl methyl sites for hydroxylation is 3. The van der Waals surface area contributed by atoms with Crippen molar-refractivity contribution in [3.05, 3.63) is 64.7 Å². The van der Waals surface area contributed by atoms with E-state index in [0.717, 1.165) is 30.3 Å². The Bertz CT molecular complexity index is 706. The third-order valence-electron chi connectivity index (χ3n) is 4.65. The highest BCUT2D eigenvalue weighted by atomic mass is 32.1. The van der Waals surface area contributed by atoms with Gasteiger partial charge in [-0.3, -0.25) is 0 Å². The van der Waals surface area contributed by atoms with Crippen LogP contribution >= 0.6 is 12.2 Å². The molecule has 0 aromatic heterocycles. The van der Waals surface area contributed by atoms with Crippen molar-refractivity contribution in [1.82, 2.24) is 4.90 Å². The second-order valence-electron chi connectivity index (χ2n) is 6.59. The molecule has 2 nitrogen and oxygen atoms in total. The van der Waals surface area contributed by atoms with Gasteiger partial charge in [-0.05, 0) is 56.6 Å². The summed E-state index contributed by atoms with van der Waals surface area (Å²) in [6.07, 6.45) is 1.16. The Labute approximate surface area is 144 Å². The molecule has 3 heteroatoms. The number of thiocarbonyl (C=S) groups is 1. The lowest BCUT2D eigenvalue weighted by Gasteiger charge is -2.21. The van der Waals surface area contributed by atoms with Crippen LogP contribution < -0.4 is 5.32 Å². The van der Waals surface area contributed by atoms with Gasteiger partial charge in [0.25, 0.3) is 0 Å². The van der Waals surface area contributed by atoms with Crippen LogP contribution in [0.15, 0.2) is 42.5 Å². The van der Waals surface area contributed by atoms with E-state index in [4.69, 9.17) is 12.2 Å². The van der Waals surface area contributed by atoms with Crippen LogP contribution in [0.3, 0.4) is 0 Å². The number of hydrogen-bond acceptors (Lipinski definition) is 1. The summed E-state index contributed by atoms with van der Waals surface area (Å²) in [6, 6.07) is 15.3. The molecule has 0 amide bonds. The van der Waals surface area contributed by atoms with Gasteiger partial charge < -0.3 is 10.2 Å². The molecule has 1 aliphatic rings. The predicted octanol–water partition coefficient (Wildman–Crippen LogP) is 4.80. The fraction of sp³-hybridized carbons (Fsp3) is 0.350. The van der Waals surface area contributed by atoms with E-state index in [1.165, 1.54) is 22.3 Å². The maximum atomic E-state index is 5.63. The number of nitrogens with zero attached hydrogens (tertiary/aromatic N) is 1. The van der Waals surface area contributed by atoms with E-state index in [-0.39, 0.29) is 0 Å². The van der Waals surface area contributed by atoms with Crippen molar-refractivity contribution in [2.24, 2.45) is 0 Å². The highest BCUT2D eigenvalue weighted by Gasteiger charge is 2.25. The molecule has 1 fully saturated rings. The number of benzene rings is 2. The van der Waals surface area contributed by atoms with Gasteiger partial charge in [0.05, 0.1) is 0 Å². The van der Waals surface area contributed by atoms with Crippen LogP contribution in [-0.4, -0.2) is 23.1 Å². The second-order valence-corrected chi connectivity index (χ2v) is 6.98. The van der Waals surface area contributed by atoms with Gasteiger partial charge in [0.1, 0.15) is 0 Å². The maximum absolute atomic E-state index is 5.63. The summed E-state index contributed by atoms with van der Waals surface area (Å²) in [5, 5.41) is 4.26. The van der Waals surface area contributed by atoms with Crippen molar-refractivity contribution in [2.75, 3.05) is 18.4 Å². The third-order valence-corrected chi connectivity index (χ3v) is 5.01. The first-order valence-corrected chi connectivity index (χ1v) is 8.63. The molecule has 0 unspecified atom stereocenters. The van der Waals surface area contributed by atoms with E-state index in [1.54, 1.807) is 0 Å². The van der Waals surface area contributed by atoms with E-state index in [0.29, 0.717) is 5.92 Å². The van der Waals surface area contributed by atoms with Crippen LogP contribution in [0.1, 0.15) is 34.6 Å². The zero-order chi connectivity index (χ0) is 16.4. The predicted molar refractivity (Wildman–Crippen MR) is 102 cm³/mol. The molecule has 1 saturated heterocycles. The van der Waals surface area contributed by atoms with E-state index in [2.05, 4.69) is 73.5 Å². The fourth-order valence-electron chi connectivity index (χ4n) is 3.20. The first kappa shape index (κ1) is 16.0. The number of hydrogen-bond donors (Lipinski definition) is 1. The topological polar surface area (TPSA) is 15.3 Å². The molecule has 2 aromatic rings. The number of likely N-dealkylation sites (tertiary alicyclic amines) is 1. The van der Waals surface area contributed by atoms with Crippen LogP contribution in [0.2, 0.25) is 0 Å². The summed E-state index contributed by atoms with van der Waals surface area (Å²) >= 11 is 5.63. The Balaban J connectivity index is 1.64. The molecule has 0 aliphatic carbocycles. The second kappa shape index (κ2) is 6.71. The lowest BCUT2D eigenvalue weighted by Crippen LogP contribution is -2.32. The van der Waals surface area contributed by atoms with Gasteiger partial charge in [-0.25, -0.2) is 0 Å². The van der Waals surface area contributed by atoms with E-state index < -0.39 is 0 Å². The van der Waals surface area contributed by atoms with Gasteiger partial charge in [-0.15, -0.1) is 0 Å². The molecular formula is C20H24N2S. The van der Waals surface area contributed by atoms with E-state index >= 15 is 0 Å². The molecule has 0 bridgehead atoms. The first-order chi connectivity index (χ1) is 11.0. The molecule has 2 aromatic carbocycles. The summed E-state index contributed by atoms with van der Waals surface area (Å²) in [7, 11) is 0. The molecule has 0 spiro atoms. The Morgan fingerprint density at radius 1 is 1.04 bits per heavy atom. The molecular weight excluding hydrogens is 300 g/mol. The van der Waals surface area contributed by atoms with Gasteiger partial charge in [-0.2, -0.15) is 0 Å². The van der Waals surface area contributed by atoms with Crippen molar-refractivity contribution in [2.45, 2.75) is 33.1 Å². The van der Waals surface area contributed by atoms with Crippen LogP contribution in [-0.2, 0) is 0 Å². The summed E-state index contributed by atoms with van der Waals surface area (Å²) in [4.78, 5) is 2.29. The van der Waals surface area contributed by atoms with Crippen LogP contribution in [0.25, 0.3) is 0 Å². The van der Waals surface area contributed by atoms with Crippen molar-refractivity contribution >= 4 is 23.0 Å². The third kappa shape index (κ3) is 3.73. The van der Waals surface area contributed by atoms with Gasteiger partial charge >= 0.3 is 0 Å². The monoisotopic (exact) mass is 324 g/mol. The molecule has 1 aliphatic heterocycles. The van der Waals surface area contributed by atoms with Crippen molar-refractivity contribution in [3.8, 4) is 0 Å². The molecule has 0 saturated carbocycles. The van der Waals surface area contributed by atoms with Crippen molar-refractivity contribution in [3.63, 3.8) is 0 Å². The van der Waals surface area contributed by atoms with Crippen molar-refractivity contribution < 1.29 is 0 Å². The standard InChI is InChI=1S/C20H24N2S/c1-14-4-7-17(8-5-14)18-10-11-22(13-18)20(23)21-19-9-6-15(2)12-16(19)3/h4-9,12,18H,10-11,13H2,1-3H3,(H,21,23)/t18-/m0/s1. The number of nitrogens with one attached hydrogen (secondary N) is 1. The molecule has 1 heterocycles. The number of rotatable bonds is 2. The maximum Gasteiger partial charge on any atom is 0.173 e. The first-order valence-electron chi connectivity index (χ1n) is 8.22. The quantitative estimate of drug-likeness (QED) is 0.799. The Kier molecular flexibility index (Phi) is 4.67. The SMILES string of the molecule is Cc1ccc([C@H]2CCN(C(=S)Nc3ccc(C)cc3C)C2)cc1. The van der Waals surface area contributed by atoms with E-state index in [9.17, 15) is 0 Å². The Morgan fingerprint density at radius 3 is 2.43 bits per heavy atom. The normalized spacial score (nSPS) is 17.3. The highest BCUT2D eigenvalue weighted by Crippen LogP contribution is 2.28. The molecule has 120 valence electrons. The molecule has 1 atom stereocenters. The van der Waals surface area contributed by atoms with Crippen LogP contribution in [0.4, 0.5) is 5.69 Å². The summed E-state index contributed by atoms with van der Waals surface area (Å²) in [5.74, 6) is 0.578.